The van der Waals surface area contributed by atoms with Gasteiger partial charge in [-0.15, -0.1) is 0 Å². The lowest BCUT2D eigenvalue weighted by Crippen LogP contribution is -2.38. The Morgan fingerprint density at radius 1 is 1.17 bits per heavy atom. The molecule has 2 aromatic rings. The Hall–Kier alpha value is -2.69. The molecule has 156 valence electrons. The van der Waals surface area contributed by atoms with Gasteiger partial charge in [0.2, 0.25) is 0 Å². The molecule has 0 spiro atoms. The maximum Gasteiger partial charge on any atom is 0.191 e. The molecule has 0 aliphatic carbocycles. The monoisotopic (exact) mass is 394 g/mol. The number of guanidine groups is 1. The Morgan fingerprint density at radius 3 is 2.76 bits per heavy atom. The first-order chi connectivity index (χ1) is 14.2. The molecule has 1 saturated heterocycles. The second-order valence-corrected chi connectivity index (χ2v) is 7.65. The van der Waals surface area contributed by atoms with E-state index in [1.165, 1.54) is 23.2 Å². The van der Waals surface area contributed by atoms with Crippen LogP contribution in [0.15, 0.2) is 53.5 Å². The van der Waals surface area contributed by atoms with Gasteiger partial charge >= 0.3 is 0 Å². The predicted octanol–water partition coefficient (Wildman–Crippen LogP) is 3.63. The number of benzene rings is 2. The molecule has 3 rings (SSSR count). The first kappa shape index (κ1) is 21.0. The molecule has 0 saturated carbocycles. The van der Waals surface area contributed by atoms with Crippen LogP contribution in [0.3, 0.4) is 0 Å². The number of nitrogens with zero attached hydrogens (tertiary/aromatic N) is 2. The number of hydrogen-bond donors (Lipinski definition) is 2. The van der Waals surface area contributed by atoms with E-state index >= 15 is 0 Å². The number of anilines is 1. The fourth-order valence-corrected chi connectivity index (χ4v) is 3.84. The lowest BCUT2D eigenvalue weighted by Gasteiger charge is -2.18. The van der Waals surface area contributed by atoms with Crippen LogP contribution in [0.5, 0.6) is 5.75 Å². The highest BCUT2D eigenvalue weighted by Gasteiger charge is 2.22. The Balaban J connectivity index is 1.51. The smallest absolute Gasteiger partial charge is 0.191 e. The van der Waals surface area contributed by atoms with Crippen LogP contribution < -0.4 is 20.3 Å². The molecule has 1 heterocycles. The van der Waals surface area contributed by atoms with Crippen molar-refractivity contribution < 1.29 is 4.74 Å². The molecule has 1 atom stereocenters. The van der Waals surface area contributed by atoms with Crippen LogP contribution in [0.25, 0.3) is 0 Å². The second kappa shape index (κ2) is 10.7. The van der Waals surface area contributed by atoms with E-state index in [1.54, 1.807) is 7.11 Å². The zero-order chi connectivity index (χ0) is 20.5. The fraction of sp³-hybridized carbons (Fsp3) is 0.458. The maximum absolute atomic E-state index is 5.49. The Bertz CT molecular complexity index is 791. The summed E-state index contributed by atoms with van der Waals surface area (Å²) in [6, 6.07) is 17.0. The number of methoxy groups -OCH3 is 1. The van der Waals surface area contributed by atoms with Gasteiger partial charge in [0.25, 0.3) is 0 Å². The van der Waals surface area contributed by atoms with E-state index in [4.69, 9.17) is 9.73 Å². The van der Waals surface area contributed by atoms with Gasteiger partial charge in [0.05, 0.1) is 7.11 Å². The van der Waals surface area contributed by atoms with Crippen molar-refractivity contribution in [2.24, 2.45) is 10.9 Å². The lowest BCUT2D eigenvalue weighted by molar-refractivity contribution is 0.409. The third-order valence-corrected chi connectivity index (χ3v) is 5.38. The fourth-order valence-electron chi connectivity index (χ4n) is 3.84. The molecule has 0 bridgehead atoms. The van der Waals surface area contributed by atoms with Gasteiger partial charge in [-0.1, -0.05) is 35.9 Å². The number of ether oxygens (including phenoxy) is 1. The maximum atomic E-state index is 5.49. The van der Waals surface area contributed by atoms with Crippen molar-refractivity contribution in [2.75, 3.05) is 44.7 Å². The molecule has 1 fully saturated rings. The minimum Gasteiger partial charge on any atom is -0.496 e. The molecule has 1 aliphatic rings. The van der Waals surface area contributed by atoms with E-state index in [2.05, 4.69) is 71.8 Å². The zero-order valence-electron chi connectivity index (χ0n) is 17.9. The second-order valence-electron chi connectivity index (χ2n) is 7.65. The first-order valence-electron chi connectivity index (χ1n) is 10.6. The Kier molecular flexibility index (Phi) is 7.79. The van der Waals surface area contributed by atoms with E-state index in [1.807, 2.05) is 6.07 Å². The normalized spacial score (nSPS) is 16.7. The van der Waals surface area contributed by atoms with E-state index < -0.39 is 0 Å². The molecule has 0 radical (unpaired) electrons. The summed E-state index contributed by atoms with van der Waals surface area (Å²) in [6.07, 6.45) is 2.10. The van der Waals surface area contributed by atoms with Crippen molar-refractivity contribution in [1.82, 2.24) is 10.6 Å². The summed E-state index contributed by atoms with van der Waals surface area (Å²) in [4.78, 5) is 7.31. The number of para-hydroxylation sites is 1. The highest BCUT2D eigenvalue weighted by atomic mass is 16.5. The highest BCUT2D eigenvalue weighted by Crippen LogP contribution is 2.23. The van der Waals surface area contributed by atoms with Crippen molar-refractivity contribution >= 4 is 11.6 Å². The summed E-state index contributed by atoms with van der Waals surface area (Å²) in [6.45, 7) is 8.95. The number of nitrogens with one attached hydrogen (secondary N) is 2. The summed E-state index contributed by atoms with van der Waals surface area (Å²) in [7, 11) is 1.73. The van der Waals surface area contributed by atoms with Crippen LogP contribution >= 0.6 is 0 Å². The van der Waals surface area contributed by atoms with E-state index in [0.29, 0.717) is 5.92 Å². The number of hydrogen-bond acceptors (Lipinski definition) is 3. The summed E-state index contributed by atoms with van der Waals surface area (Å²) >= 11 is 0. The SMILES string of the molecule is CCNC(=NCC1CCN(c2ccccc2)C1)NCCc1cc(C)ccc1OC. The third-order valence-electron chi connectivity index (χ3n) is 5.38. The van der Waals surface area contributed by atoms with Gasteiger partial charge in [0.15, 0.2) is 5.96 Å². The van der Waals surface area contributed by atoms with Gasteiger partial charge < -0.3 is 20.3 Å². The van der Waals surface area contributed by atoms with Crippen LogP contribution in [0.1, 0.15) is 24.5 Å². The van der Waals surface area contributed by atoms with Crippen LogP contribution in [0.4, 0.5) is 5.69 Å². The molecular formula is C24H34N4O. The van der Waals surface area contributed by atoms with E-state index in [-0.39, 0.29) is 0 Å². The first-order valence-corrected chi connectivity index (χ1v) is 10.6. The van der Waals surface area contributed by atoms with Crippen molar-refractivity contribution in [1.29, 1.82) is 0 Å². The van der Waals surface area contributed by atoms with Gasteiger partial charge in [-0.3, -0.25) is 4.99 Å². The van der Waals surface area contributed by atoms with Gasteiger partial charge in [-0.05, 0) is 56.4 Å². The van der Waals surface area contributed by atoms with Gasteiger partial charge in [0, 0.05) is 38.4 Å². The summed E-state index contributed by atoms with van der Waals surface area (Å²) < 4.78 is 5.49. The van der Waals surface area contributed by atoms with Crippen molar-refractivity contribution in [3.63, 3.8) is 0 Å². The van der Waals surface area contributed by atoms with E-state index in [9.17, 15) is 0 Å². The molecule has 0 amide bonds. The van der Waals surface area contributed by atoms with Gasteiger partial charge in [-0.2, -0.15) is 0 Å². The van der Waals surface area contributed by atoms with Crippen LogP contribution in [-0.4, -0.2) is 45.8 Å². The minimum atomic E-state index is 0.600. The molecule has 5 heteroatoms. The van der Waals surface area contributed by atoms with Crippen LogP contribution in [0, 0.1) is 12.8 Å². The number of rotatable bonds is 8. The molecule has 2 N–H and O–H groups in total. The van der Waals surface area contributed by atoms with Crippen molar-refractivity contribution in [3.05, 3.63) is 59.7 Å². The molecule has 0 aromatic heterocycles. The van der Waals surface area contributed by atoms with Crippen molar-refractivity contribution in [3.8, 4) is 5.75 Å². The number of aliphatic imine (C=N–C) groups is 1. The van der Waals surface area contributed by atoms with Crippen LogP contribution in [0.2, 0.25) is 0 Å². The molecule has 1 unspecified atom stereocenters. The Morgan fingerprint density at radius 2 is 2.00 bits per heavy atom. The summed E-state index contributed by atoms with van der Waals surface area (Å²) in [5.74, 6) is 2.45. The average molecular weight is 395 g/mol. The predicted molar refractivity (Wildman–Crippen MR) is 122 cm³/mol. The topological polar surface area (TPSA) is 48.9 Å². The van der Waals surface area contributed by atoms with Crippen molar-refractivity contribution in [2.45, 2.75) is 26.7 Å². The Labute approximate surface area is 175 Å². The zero-order valence-corrected chi connectivity index (χ0v) is 17.9. The lowest BCUT2D eigenvalue weighted by atomic mass is 10.1. The quantitative estimate of drug-likeness (QED) is 0.530. The molecule has 2 aromatic carbocycles. The molecular weight excluding hydrogens is 360 g/mol. The molecule has 29 heavy (non-hydrogen) atoms. The van der Waals surface area contributed by atoms with Gasteiger partial charge in [-0.25, -0.2) is 0 Å². The largest absolute Gasteiger partial charge is 0.496 e. The highest BCUT2D eigenvalue weighted by molar-refractivity contribution is 5.79. The van der Waals surface area contributed by atoms with E-state index in [0.717, 1.165) is 50.9 Å². The third kappa shape index (κ3) is 6.14. The number of aryl methyl sites for hydroxylation is 1. The van der Waals surface area contributed by atoms with Crippen LogP contribution in [-0.2, 0) is 6.42 Å². The summed E-state index contributed by atoms with van der Waals surface area (Å²) in [5.41, 5.74) is 3.80. The molecule has 5 nitrogen and oxygen atoms in total. The minimum absolute atomic E-state index is 0.600. The standard InChI is InChI=1S/C24H34N4O/c1-4-25-24(26-14-12-21-16-19(2)10-11-23(21)29-3)27-17-20-13-15-28(18-20)22-8-6-5-7-9-22/h5-11,16,20H,4,12-15,17-18H2,1-3H3,(H2,25,26,27). The summed E-state index contributed by atoms with van der Waals surface area (Å²) in [5, 5.41) is 6.85. The average Bonchev–Trinajstić information content (AvgIpc) is 3.22. The van der Waals surface area contributed by atoms with Gasteiger partial charge in [0.1, 0.15) is 5.75 Å². The molecule has 1 aliphatic heterocycles.